The van der Waals surface area contributed by atoms with Crippen molar-refractivity contribution in [2.45, 2.75) is 19.8 Å². The average molecular weight is 313 g/mol. The minimum Gasteiger partial charge on any atom is -0.316 e. The van der Waals surface area contributed by atoms with Crippen molar-refractivity contribution in [1.82, 2.24) is 14.8 Å². The zero-order valence-corrected chi connectivity index (χ0v) is 12.8. The summed E-state index contributed by atoms with van der Waals surface area (Å²) in [6.45, 7) is 3.64. The Morgan fingerprint density at radius 2 is 1.89 bits per heavy atom. The number of piperidine rings is 1. The second-order valence-electron chi connectivity index (χ2n) is 4.68. The molecule has 0 aromatic carbocycles. The normalized spacial score (nSPS) is 21.4. The van der Waals surface area contributed by atoms with Crippen molar-refractivity contribution in [1.29, 1.82) is 0 Å². The summed E-state index contributed by atoms with van der Waals surface area (Å²) in [5, 5.41) is 3.22. The lowest BCUT2D eigenvalue weighted by molar-refractivity contribution is 0.376. The Morgan fingerprint density at radius 1 is 1.16 bits per heavy atom. The summed E-state index contributed by atoms with van der Waals surface area (Å²) in [5.74, 6) is 0.0384. The van der Waals surface area contributed by atoms with E-state index in [-0.39, 0.29) is 18.1 Å². The van der Waals surface area contributed by atoms with Gasteiger partial charge in [-0.1, -0.05) is 0 Å². The molecule has 0 radical (unpaired) electrons. The second kappa shape index (κ2) is 7.53. The van der Waals surface area contributed by atoms with Gasteiger partial charge >= 0.3 is 0 Å². The summed E-state index contributed by atoms with van der Waals surface area (Å²) < 4.78 is 50.4. The van der Waals surface area contributed by atoms with Gasteiger partial charge < -0.3 is 5.32 Å². The van der Waals surface area contributed by atoms with Gasteiger partial charge in [0.1, 0.15) is 0 Å². The Morgan fingerprint density at radius 3 is 2.47 bits per heavy atom. The molecule has 1 saturated heterocycles. The van der Waals surface area contributed by atoms with Gasteiger partial charge in [0, 0.05) is 13.1 Å². The number of sulfonamides is 2. The molecule has 19 heavy (non-hydrogen) atoms. The Kier molecular flexibility index (Phi) is 6.67. The first-order chi connectivity index (χ1) is 8.85. The van der Waals surface area contributed by atoms with Crippen LogP contribution in [-0.4, -0.2) is 54.5 Å². The summed E-state index contributed by atoms with van der Waals surface area (Å²) >= 11 is 0. The monoisotopic (exact) mass is 313 g/mol. The van der Waals surface area contributed by atoms with Crippen LogP contribution in [0.15, 0.2) is 0 Å². The van der Waals surface area contributed by atoms with Crippen molar-refractivity contribution in [2.75, 3.05) is 37.7 Å². The first kappa shape index (κ1) is 16.8. The number of hydrogen-bond donors (Lipinski definition) is 3. The van der Waals surface area contributed by atoms with Crippen LogP contribution in [0, 0.1) is 5.92 Å². The van der Waals surface area contributed by atoms with Crippen molar-refractivity contribution in [3.63, 3.8) is 0 Å². The molecular formula is C10H23N3O4S2. The van der Waals surface area contributed by atoms with Gasteiger partial charge in [0.15, 0.2) is 0 Å². The van der Waals surface area contributed by atoms with Crippen LogP contribution in [0.25, 0.3) is 0 Å². The molecule has 7 nitrogen and oxygen atoms in total. The molecule has 0 aromatic heterocycles. The van der Waals surface area contributed by atoms with E-state index in [1.54, 1.807) is 0 Å². The summed E-state index contributed by atoms with van der Waals surface area (Å²) in [6.07, 6.45) is 2.07. The zero-order chi connectivity index (χ0) is 14.4. The third-order valence-electron chi connectivity index (χ3n) is 3.06. The average Bonchev–Trinajstić information content (AvgIpc) is 2.37. The third-order valence-corrected chi connectivity index (χ3v) is 5.82. The van der Waals surface area contributed by atoms with Crippen molar-refractivity contribution in [2.24, 2.45) is 5.92 Å². The van der Waals surface area contributed by atoms with Gasteiger partial charge in [-0.05, 0) is 38.8 Å². The molecule has 1 unspecified atom stereocenters. The largest absolute Gasteiger partial charge is 0.316 e. The molecule has 0 amide bonds. The molecule has 114 valence electrons. The summed E-state index contributed by atoms with van der Waals surface area (Å²) in [6, 6.07) is 0. The minimum absolute atomic E-state index is 0.0474. The maximum Gasteiger partial charge on any atom is 0.212 e. The molecule has 1 heterocycles. The lowest BCUT2D eigenvalue weighted by Gasteiger charge is -2.22. The number of nitrogens with one attached hydrogen (secondary N) is 3. The molecule has 0 aliphatic carbocycles. The van der Waals surface area contributed by atoms with Gasteiger partial charge in [0.25, 0.3) is 0 Å². The third kappa shape index (κ3) is 7.21. The fraction of sp³-hybridized carbons (Fsp3) is 1.00. The summed E-state index contributed by atoms with van der Waals surface area (Å²) in [4.78, 5) is 0. The molecule has 9 heteroatoms. The maximum absolute atomic E-state index is 11.7. The summed E-state index contributed by atoms with van der Waals surface area (Å²) in [7, 11) is -6.75. The van der Waals surface area contributed by atoms with E-state index in [9.17, 15) is 16.8 Å². The molecule has 3 N–H and O–H groups in total. The fourth-order valence-corrected chi connectivity index (χ4v) is 3.60. The maximum atomic E-state index is 11.7. The van der Waals surface area contributed by atoms with Crippen LogP contribution in [0.3, 0.4) is 0 Å². The number of hydrogen-bond acceptors (Lipinski definition) is 5. The van der Waals surface area contributed by atoms with Gasteiger partial charge in [0.2, 0.25) is 20.0 Å². The van der Waals surface area contributed by atoms with Crippen molar-refractivity contribution < 1.29 is 16.8 Å². The quantitative estimate of drug-likeness (QED) is 0.524. The molecule has 1 aliphatic rings. The zero-order valence-electron chi connectivity index (χ0n) is 11.2. The molecule has 1 aliphatic heterocycles. The van der Waals surface area contributed by atoms with E-state index in [0.29, 0.717) is 12.5 Å². The van der Waals surface area contributed by atoms with Crippen LogP contribution >= 0.6 is 0 Å². The van der Waals surface area contributed by atoms with Gasteiger partial charge in [-0.3, -0.25) is 0 Å². The van der Waals surface area contributed by atoms with E-state index >= 15 is 0 Å². The smallest absolute Gasteiger partial charge is 0.212 e. The molecule has 1 rings (SSSR count). The first-order valence-corrected chi connectivity index (χ1v) is 9.80. The lowest BCUT2D eigenvalue weighted by atomic mass is 10.0. The highest BCUT2D eigenvalue weighted by Crippen LogP contribution is 2.08. The van der Waals surface area contributed by atoms with Crippen molar-refractivity contribution in [3.05, 3.63) is 0 Å². The lowest BCUT2D eigenvalue weighted by Crippen LogP contribution is -2.40. The van der Waals surface area contributed by atoms with E-state index in [4.69, 9.17) is 0 Å². The Labute approximate surface area is 115 Å². The molecule has 0 bridgehead atoms. The van der Waals surface area contributed by atoms with E-state index in [0.717, 1.165) is 25.9 Å². The highest BCUT2D eigenvalue weighted by atomic mass is 32.2. The van der Waals surface area contributed by atoms with Crippen LogP contribution in [0.1, 0.15) is 19.8 Å². The predicted octanol–water partition coefficient (Wildman–Crippen LogP) is -1.16. The van der Waals surface area contributed by atoms with E-state index in [2.05, 4.69) is 14.8 Å². The second-order valence-corrected chi connectivity index (χ2v) is 8.70. The van der Waals surface area contributed by atoms with Crippen LogP contribution in [0.5, 0.6) is 0 Å². The minimum atomic E-state index is -3.42. The highest BCUT2D eigenvalue weighted by Gasteiger charge is 2.17. The van der Waals surface area contributed by atoms with E-state index in [1.165, 1.54) is 6.92 Å². The van der Waals surface area contributed by atoms with Gasteiger partial charge in [-0.2, -0.15) is 0 Å². The predicted molar refractivity (Wildman–Crippen MR) is 74.8 cm³/mol. The molecule has 0 spiro atoms. The fourth-order valence-electron chi connectivity index (χ4n) is 1.85. The molecular weight excluding hydrogens is 290 g/mol. The Bertz CT molecular complexity index is 455. The SMILES string of the molecule is CCS(=O)(=O)NCCS(=O)(=O)NCC1CCCNC1. The van der Waals surface area contributed by atoms with E-state index < -0.39 is 20.0 Å². The van der Waals surface area contributed by atoms with Crippen LogP contribution in [0.2, 0.25) is 0 Å². The van der Waals surface area contributed by atoms with Gasteiger partial charge in [-0.15, -0.1) is 0 Å². The van der Waals surface area contributed by atoms with Gasteiger partial charge in [0.05, 0.1) is 11.5 Å². The summed E-state index contributed by atoms with van der Waals surface area (Å²) in [5.41, 5.74) is 0. The van der Waals surface area contributed by atoms with Crippen LogP contribution in [-0.2, 0) is 20.0 Å². The molecule has 1 fully saturated rings. The first-order valence-electron chi connectivity index (χ1n) is 6.50. The van der Waals surface area contributed by atoms with Crippen LogP contribution in [0.4, 0.5) is 0 Å². The van der Waals surface area contributed by atoms with Crippen LogP contribution < -0.4 is 14.8 Å². The standard InChI is InChI=1S/C10H23N3O4S2/c1-2-18(14,15)12-6-7-19(16,17)13-9-10-4-3-5-11-8-10/h10-13H,2-9H2,1H3. The topological polar surface area (TPSA) is 104 Å². The number of rotatable bonds is 8. The molecule has 0 aromatic rings. The van der Waals surface area contributed by atoms with Gasteiger partial charge in [-0.25, -0.2) is 26.3 Å². The highest BCUT2D eigenvalue weighted by molar-refractivity contribution is 7.90. The Balaban J connectivity index is 2.27. The van der Waals surface area contributed by atoms with E-state index in [1.807, 2.05) is 0 Å². The molecule has 0 saturated carbocycles. The van der Waals surface area contributed by atoms with Crippen molar-refractivity contribution in [3.8, 4) is 0 Å². The molecule has 1 atom stereocenters. The Hall–Kier alpha value is -0.220. The van der Waals surface area contributed by atoms with Crippen molar-refractivity contribution >= 4 is 20.0 Å².